The molecule has 1 saturated heterocycles. The zero-order valence-corrected chi connectivity index (χ0v) is 15.3. The average Bonchev–Trinajstić information content (AvgIpc) is 2.60. The highest BCUT2D eigenvalue weighted by atomic mass is 19.4. The van der Waals surface area contributed by atoms with Crippen molar-refractivity contribution in [1.29, 1.82) is 0 Å². The normalized spacial score (nSPS) is 16.2. The van der Waals surface area contributed by atoms with Crippen LogP contribution in [0.4, 0.5) is 24.5 Å². The van der Waals surface area contributed by atoms with Gasteiger partial charge in [-0.2, -0.15) is 13.2 Å². The number of amides is 2. The number of carboxylic acid groups (broad SMARTS) is 1. The first kappa shape index (κ1) is 22.1. The van der Waals surface area contributed by atoms with Gasteiger partial charge in [-0.3, -0.25) is 19.7 Å². The maximum atomic E-state index is 12.7. The lowest BCUT2D eigenvalue weighted by molar-refractivity contribution is -0.384. The van der Waals surface area contributed by atoms with E-state index in [-0.39, 0.29) is 31.6 Å². The lowest BCUT2D eigenvalue weighted by Gasteiger charge is -2.46. The number of aliphatic carboxylic acids is 1. The average molecular weight is 416 g/mol. The molecule has 0 saturated carbocycles. The summed E-state index contributed by atoms with van der Waals surface area (Å²) in [7, 11) is 0. The van der Waals surface area contributed by atoms with Gasteiger partial charge in [0.05, 0.1) is 17.3 Å². The van der Waals surface area contributed by atoms with Gasteiger partial charge in [0.15, 0.2) is 0 Å². The number of nitro groups is 1. The molecule has 0 radical (unpaired) electrons. The number of alkyl halides is 3. The summed E-state index contributed by atoms with van der Waals surface area (Å²) in [6, 6.07) is 5.15. The molecule has 1 aromatic rings. The lowest BCUT2D eigenvalue weighted by Crippen LogP contribution is -2.58. The van der Waals surface area contributed by atoms with E-state index in [0.29, 0.717) is 4.90 Å². The Kier molecular flexibility index (Phi) is 6.14. The molecule has 0 aliphatic carbocycles. The Morgan fingerprint density at radius 3 is 2.24 bits per heavy atom. The molecule has 0 N–H and O–H groups in total. The second-order valence-corrected chi connectivity index (χ2v) is 6.81. The highest BCUT2D eigenvalue weighted by molar-refractivity contribution is 6.04. The second kappa shape index (κ2) is 8.05. The molecule has 2 rings (SSSR count). The first-order valence-electron chi connectivity index (χ1n) is 8.49. The van der Waals surface area contributed by atoms with Gasteiger partial charge in [0.25, 0.3) is 5.69 Å². The minimum absolute atomic E-state index is 0.139. The van der Waals surface area contributed by atoms with Crippen LogP contribution >= 0.6 is 0 Å². The topological polar surface area (TPSA) is 124 Å². The van der Waals surface area contributed by atoms with E-state index in [1.165, 1.54) is 25.1 Å². The molecule has 29 heavy (non-hydrogen) atoms. The number of carbonyl (C=O) groups is 3. The van der Waals surface area contributed by atoms with E-state index in [1.54, 1.807) is 0 Å². The van der Waals surface area contributed by atoms with Gasteiger partial charge in [0.1, 0.15) is 5.69 Å². The van der Waals surface area contributed by atoms with Crippen molar-refractivity contribution in [2.24, 2.45) is 0 Å². The number of para-hydroxylation sites is 2. The Labute approximate surface area is 162 Å². The number of halogens is 3. The number of likely N-dealkylation sites (tertiary alicyclic amines) is 1. The van der Waals surface area contributed by atoms with Gasteiger partial charge >= 0.3 is 12.1 Å². The fourth-order valence-corrected chi connectivity index (χ4v) is 3.33. The van der Waals surface area contributed by atoms with Crippen molar-refractivity contribution >= 4 is 29.2 Å². The minimum atomic E-state index is -5.05. The van der Waals surface area contributed by atoms with Crippen LogP contribution in [0.2, 0.25) is 0 Å². The van der Waals surface area contributed by atoms with Crippen LogP contribution in [0.3, 0.4) is 0 Å². The summed E-state index contributed by atoms with van der Waals surface area (Å²) in [5.74, 6) is -4.72. The first-order valence-corrected chi connectivity index (χ1v) is 8.49. The van der Waals surface area contributed by atoms with Crippen LogP contribution in [0.25, 0.3) is 0 Å². The van der Waals surface area contributed by atoms with Gasteiger partial charge in [-0.1, -0.05) is 12.1 Å². The van der Waals surface area contributed by atoms with Crippen molar-refractivity contribution in [3.63, 3.8) is 0 Å². The molecule has 0 atom stereocenters. The number of carboxylic acids is 1. The molecule has 158 valence electrons. The number of hydrogen-bond donors (Lipinski definition) is 0. The Bertz CT molecular complexity index is 834. The first-order chi connectivity index (χ1) is 13.4. The van der Waals surface area contributed by atoms with Crippen LogP contribution in [0.15, 0.2) is 24.3 Å². The number of anilines is 1. The molecule has 0 unspecified atom stereocenters. The minimum Gasteiger partial charge on any atom is -0.550 e. The van der Waals surface area contributed by atoms with E-state index < -0.39 is 46.5 Å². The molecule has 0 spiro atoms. The van der Waals surface area contributed by atoms with Crippen molar-refractivity contribution in [3.05, 3.63) is 34.4 Å². The van der Waals surface area contributed by atoms with E-state index >= 15 is 0 Å². The van der Waals surface area contributed by atoms with Crippen LogP contribution in [-0.4, -0.2) is 52.4 Å². The van der Waals surface area contributed by atoms with E-state index in [9.17, 15) is 42.8 Å². The largest absolute Gasteiger partial charge is 0.550 e. The van der Waals surface area contributed by atoms with Crippen LogP contribution in [0.5, 0.6) is 0 Å². The quantitative estimate of drug-likeness (QED) is 0.401. The fourth-order valence-electron chi connectivity index (χ4n) is 3.33. The number of rotatable bonds is 5. The predicted octanol–water partition coefficient (Wildman–Crippen LogP) is 1.01. The number of nitro benzene ring substituents is 1. The van der Waals surface area contributed by atoms with E-state index in [4.69, 9.17) is 0 Å². The van der Waals surface area contributed by atoms with Crippen LogP contribution in [0.1, 0.15) is 26.2 Å². The van der Waals surface area contributed by atoms with Crippen molar-refractivity contribution in [2.45, 2.75) is 37.9 Å². The van der Waals surface area contributed by atoms with Crippen molar-refractivity contribution in [3.8, 4) is 0 Å². The molecular weight excluding hydrogens is 399 g/mol. The summed E-state index contributed by atoms with van der Waals surface area (Å²) in [4.78, 5) is 47.1. The van der Waals surface area contributed by atoms with Crippen LogP contribution < -0.4 is 10.0 Å². The Balaban J connectivity index is 2.41. The molecule has 1 aromatic carbocycles. The fraction of sp³-hybridized carbons (Fsp3) is 0.471. The molecule has 12 heteroatoms. The summed E-state index contributed by atoms with van der Waals surface area (Å²) >= 11 is 0. The van der Waals surface area contributed by atoms with E-state index in [1.807, 2.05) is 0 Å². The van der Waals surface area contributed by atoms with Gasteiger partial charge in [-0.05, 0) is 25.8 Å². The van der Waals surface area contributed by atoms with Crippen molar-refractivity contribution < 1.29 is 37.6 Å². The molecule has 9 nitrogen and oxygen atoms in total. The molecule has 1 aliphatic rings. The van der Waals surface area contributed by atoms with E-state index in [0.717, 1.165) is 11.0 Å². The molecule has 1 heterocycles. The summed E-state index contributed by atoms with van der Waals surface area (Å²) < 4.78 is 38.0. The molecule has 1 aliphatic heterocycles. The number of piperidine rings is 1. The third-order valence-corrected chi connectivity index (χ3v) is 4.77. The van der Waals surface area contributed by atoms with Crippen molar-refractivity contribution in [2.75, 3.05) is 18.0 Å². The molecule has 0 aromatic heterocycles. The summed E-state index contributed by atoms with van der Waals surface area (Å²) in [6.45, 7) is 0.765. The zero-order chi connectivity index (χ0) is 22.0. The summed E-state index contributed by atoms with van der Waals surface area (Å²) in [5, 5.41) is 22.3. The second-order valence-electron chi connectivity index (χ2n) is 6.81. The number of nitrogens with zero attached hydrogens (tertiary/aromatic N) is 3. The Morgan fingerprint density at radius 1 is 1.21 bits per heavy atom. The molecular formula is C17H17F3N3O6-. The Morgan fingerprint density at radius 2 is 1.76 bits per heavy atom. The zero-order valence-electron chi connectivity index (χ0n) is 15.3. The standard InChI is InChI=1S/C17H18F3N3O6/c1-16(6-8-21(9-7-16)15(27)17(18,19)20)22(13(24)10-14(25)26)11-4-2-3-5-12(11)23(28)29/h2-5H,6-10H2,1H3,(H,25,26)/p-1. The third-order valence-electron chi connectivity index (χ3n) is 4.77. The number of carbonyl (C=O) groups excluding carboxylic acids is 3. The predicted molar refractivity (Wildman–Crippen MR) is 90.5 cm³/mol. The van der Waals surface area contributed by atoms with Crippen LogP contribution in [-0.2, 0) is 14.4 Å². The third kappa shape index (κ3) is 4.81. The van der Waals surface area contributed by atoms with Gasteiger partial charge in [0, 0.05) is 24.7 Å². The summed E-state index contributed by atoms with van der Waals surface area (Å²) in [5.41, 5.74) is -1.89. The SMILES string of the molecule is CC1(N(C(=O)CC(=O)[O-])c2ccccc2[N+](=O)[O-])CCN(C(=O)C(F)(F)F)CC1. The smallest absolute Gasteiger partial charge is 0.471 e. The highest BCUT2D eigenvalue weighted by Crippen LogP contribution is 2.38. The van der Waals surface area contributed by atoms with Gasteiger partial charge in [-0.15, -0.1) is 0 Å². The molecule has 2 amide bonds. The Hall–Kier alpha value is -3.18. The van der Waals surface area contributed by atoms with Gasteiger partial charge < -0.3 is 19.7 Å². The lowest BCUT2D eigenvalue weighted by atomic mass is 9.86. The van der Waals surface area contributed by atoms with Crippen LogP contribution in [0, 0.1) is 10.1 Å². The summed E-state index contributed by atoms with van der Waals surface area (Å²) in [6.07, 6.45) is -6.39. The maximum absolute atomic E-state index is 12.7. The molecule has 1 fully saturated rings. The number of hydrogen-bond acceptors (Lipinski definition) is 6. The number of benzene rings is 1. The molecule has 0 bridgehead atoms. The monoisotopic (exact) mass is 416 g/mol. The highest BCUT2D eigenvalue weighted by Gasteiger charge is 2.47. The van der Waals surface area contributed by atoms with Crippen molar-refractivity contribution in [1.82, 2.24) is 4.90 Å². The maximum Gasteiger partial charge on any atom is 0.471 e. The van der Waals surface area contributed by atoms with E-state index in [2.05, 4.69) is 0 Å². The van der Waals surface area contributed by atoms with Gasteiger partial charge in [0.2, 0.25) is 5.91 Å². The van der Waals surface area contributed by atoms with Gasteiger partial charge in [-0.25, -0.2) is 0 Å².